The summed E-state index contributed by atoms with van der Waals surface area (Å²) in [6.07, 6.45) is -0.921. The number of hydrogen-bond donors (Lipinski definition) is 0. The van der Waals surface area contributed by atoms with Crippen LogP contribution in [0.2, 0.25) is 0 Å². The Morgan fingerprint density at radius 1 is 1.35 bits per heavy atom. The Morgan fingerprint density at radius 3 is 2.88 bits per heavy atom. The highest BCUT2D eigenvalue weighted by atomic mass is 16.7. The van der Waals surface area contributed by atoms with Crippen LogP contribution in [0.1, 0.15) is 6.92 Å². The standard InChI is InChI=1S/C12H10O5/c1-2-15-12(14)17-10-7-8-5-3-4-6-9(8)16-11(10)13/h3-7H,2H2,1H3. The molecule has 0 N–H and O–H groups in total. The van der Waals surface area contributed by atoms with Crippen molar-refractivity contribution in [3.05, 3.63) is 40.8 Å². The molecule has 5 heteroatoms. The monoisotopic (exact) mass is 234 g/mol. The van der Waals surface area contributed by atoms with Gasteiger partial charge in [-0.2, -0.15) is 0 Å². The predicted octanol–water partition coefficient (Wildman–Crippen LogP) is 2.33. The summed E-state index contributed by atoms with van der Waals surface area (Å²) in [6.45, 7) is 1.82. The van der Waals surface area contributed by atoms with Crippen LogP contribution in [0.15, 0.2) is 39.5 Å². The van der Waals surface area contributed by atoms with Crippen molar-refractivity contribution in [2.45, 2.75) is 6.92 Å². The molecular formula is C12H10O5. The number of fused-ring (bicyclic) bond motifs is 1. The van der Waals surface area contributed by atoms with E-state index in [1.807, 2.05) is 0 Å². The molecule has 0 aliphatic heterocycles. The van der Waals surface area contributed by atoms with Crippen molar-refractivity contribution < 1.29 is 18.7 Å². The molecule has 2 rings (SSSR count). The zero-order valence-electron chi connectivity index (χ0n) is 9.14. The van der Waals surface area contributed by atoms with Crippen molar-refractivity contribution in [2.75, 3.05) is 6.61 Å². The quantitative estimate of drug-likeness (QED) is 0.589. The van der Waals surface area contributed by atoms with Crippen molar-refractivity contribution in [1.29, 1.82) is 0 Å². The Kier molecular flexibility index (Phi) is 3.09. The fourth-order valence-corrected chi connectivity index (χ4v) is 1.35. The summed E-state index contributed by atoms with van der Waals surface area (Å²) >= 11 is 0. The number of carbonyl (C=O) groups excluding carboxylic acids is 1. The SMILES string of the molecule is CCOC(=O)Oc1cc2ccccc2oc1=O. The van der Waals surface area contributed by atoms with E-state index in [2.05, 4.69) is 4.74 Å². The molecule has 0 aliphatic carbocycles. The number of carbonyl (C=O) groups is 1. The lowest BCUT2D eigenvalue weighted by Crippen LogP contribution is -2.15. The maximum Gasteiger partial charge on any atom is 0.514 e. The number of rotatable bonds is 2. The van der Waals surface area contributed by atoms with Gasteiger partial charge in [0.15, 0.2) is 0 Å². The highest BCUT2D eigenvalue weighted by Gasteiger charge is 2.11. The molecule has 1 aromatic carbocycles. The topological polar surface area (TPSA) is 65.7 Å². The van der Waals surface area contributed by atoms with Crippen LogP contribution in [0.5, 0.6) is 5.75 Å². The molecule has 0 bridgehead atoms. The molecule has 2 aromatic rings. The maximum absolute atomic E-state index is 11.5. The van der Waals surface area contributed by atoms with Gasteiger partial charge in [-0.25, -0.2) is 9.59 Å². The number of ether oxygens (including phenoxy) is 2. The second-order valence-electron chi connectivity index (χ2n) is 3.22. The van der Waals surface area contributed by atoms with Crippen molar-refractivity contribution in [2.24, 2.45) is 0 Å². The fraction of sp³-hybridized carbons (Fsp3) is 0.167. The van der Waals surface area contributed by atoms with Crippen LogP contribution in [0.25, 0.3) is 11.0 Å². The second kappa shape index (κ2) is 4.69. The summed E-state index contributed by atoms with van der Waals surface area (Å²) < 4.78 is 14.3. The average Bonchev–Trinajstić information content (AvgIpc) is 2.30. The van der Waals surface area contributed by atoms with Gasteiger partial charge in [0.25, 0.3) is 0 Å². The van der Waals surface area contributed by atoms with Crippen LogP contribution in [-0.4, -0.2) is 12.8 Å². The molecule has 0 fully saturated rings. The molecule has 1 aromatic heterocycles. The summed E-state index contributed by atoms with van der Waals surface area (Å²) in [4.78, 5) is 22.5. The first-order valence-corrected chi connectivity index (χ1v) is 5.08. The number of benzene rings is 1. The average molecular weight is 234 g/mol. The summed E-state index contributed by atoms with van der Waals surface area (Å²) in [5, 5.41) is 0.673. The Bertz CT molecular complexity index is 599. The van der Waals surface area contributed by atoms with Gasteiger partial charge in [0.1, 0.15) is 5.58 Å². The molecule has 0 saturated heterocycles. The van der Waals surface area contributed by atoms with Crippen molar-refractivity contribution >= 4 is 17.1 Å². The number of para-hydroxylation sites is 1. The van der Waals surface area contributed by atoms with E-state index in [1.165, 1.54) is 6.07 Å². The van der Waals surface area contributed by atoms with E-state index in [0.717, 1.165) is 0 Å². The van der Waals surface area contributed by atoms with Crippen LogP contribution in [0.3, 0.4) is 0 Å². The van der Waals surface area contributed by atoms with Crippen molar-refractivity contribution in [1.82, 2.24) is 0 Å². The van der Waals surface area contributed by atoms with Gasteiger partial charge in [-0.15, -0.1) is 0 Å². The lowest BCUT2D eigenvalue weighted by Gasteiger charge is -2.03. The molecular weight excluding hydrogens is 224 g/mol. The van der Waals surface area contributed by atoms with E-state index in [0.29, 0.717) is 11.0 Å². The van der Waals surface area contributed by atoms with Crippen LogP contribution in [0, 0.1) is 0 Å². The van der Waals surface area contributed by atoms with Gasteiger partial charge >= 0.3 is 11.8 Å². The molecule has 0 unspecified atom stereocenters. The molecule has 0 aliphatic rings. The smallest absolute Gasteiger partial charge is 0.434 e. The Balaban J connectivity index is 2.37. The minimum absolute atomic E-state index is 0.178. The summed E-state index contributed by atoms with van der Waals surface area (Å²) in [5.74, 6) is -0.179. The molecule has 0 radical (unpaired) electrons. The van der Waals surface area contributed by atoms with Gasteiger partial charge in [0.05, 0.1) is 6.61 Å². The third kappa shape index (κ3) is 2.44. The predicted molar refractivity (Wildman–Crippen MR) is 60.1 cm³/mol. The minimum atomic E-state index is -0.921. The molecule has 0 amide bonds. The maximum atomic E-state index is 11.5. The molecule has 1 heterocycles. The highest BCUT2D eigenvalue weighted by molar-refractivity contribution is 5.78. The van der Waals surface area contributed by atoms with E-state index < -0.39 is 11.8 Å². The van der Waals surface area contributed by atoms with Crippen molar-refractivity contribution in [3.63, 3.8) is 0 Å². The van der Waals surface area contributed by atoms with Crippen LogP contribution in [-0.2, 0) is 4.74 Å². The van der Waals surface area contributed by atoms with E-state index in [-0.39, 0.29) is 12.4 Å². The molecule has 88 valence electrons. The van der Waals surface area contributed by atoms with Gasteiger partial charge in [-0.1, -0.05) is 18.2 Å². The largest absolute Gasteiger partial charge is 0.514 e. The molecule has 17 heavy (non-hydrogen) atoms. The van der Waals surface area contributed by atoms with E-state index in [9.17, 15) is 9.59 Å². The molecule has 0 atom stereocenters. The Morgan fingerprint density at radius 2 is 2.12 bits per heavy atom. The number of hydrogen-bond acceptors (Lipinski definition) is 5. The zero-order valence-corrected chi connectivity index (χ0v) is 9.14. The molecule has 5 nitrogen and oxygen atoms in total. The van der Waals surface area contributed by atoms with Gasteiger partial charge in [0, 0.05) is 5.39 Å². The fourth-order valence-electron chi connectivity index (χ4n) is 1.35. The first-order valence-electron chi connectivity index (χ1n) is 5.08. The van der Waals surface area contributed by atoms with E-state index >= 15 is 0 Å². The Hall–Kier alpha value is -2.30. The first kappa shape index (κ1) is 11.2. The molecule has 0 saturated carbocycles. The van der Waals surface area contributed by atoms with Crippen LogP contribution >= 0.6 is 0 Å². The van der Waals surface area contributed by atoms with Gasteiger partial charge in [-0.3, -0.25) is 0 Å². The zero-order chi connectivity index (χ0) is 12.3. The summed E-state index contributed by atoms with van der Waals surface area (Å²) in [5.41, 5.74) is -0.273. The third-order valence-corrected chi connectivity index (χ3v) is 2.06. The minimum Gasteiger partial charge on any atom is -0.434 e. The second-order valence-corrected chi connectivity index (χ2v) is 3.22. The van der Waals surface area contributed by atoms with E-state index in [1.54, 1.807) is 31.2 Å². The summed E-state index contributed by atoms with van der Waals surface area (Å²) in [7, 11) is 0. The van der Waals surface area contributed by atoms with E-state index in [4.69, 9.17) is 9.15 Å². The van der Waals surface area contributed by atoms with Gasteiger partial charge < -0.3 is 13.9 Å². The van der Waals surface area contributed by atoms with Crippen molar-refractivity contribution in [3.8, 4) is 5.75 Å². The lowest BCUT2D eigenvalue weighted by atomic mass is 10.2. The molecule has 0 spiro atoms. The van der Waals surface area contributed by atoms with Crippen LogP contribution in [0.4, 0.5) is 4.79 Å². The highest BCUT2D eigenvalue weighted by Crippen LogP contribution is 2.16. The van der Waals surface area contributed by atoms with Gasteiger partial charge in [-0.05, 0) is 19.1 Å². The normalized spacial score (nSPS) is 10.2. The summed E-state index contributed by atoms with van der Waals surface area (Å²) in [6, 6.07) is 8.38. The lowest BCUT2D eigenvalue weighted by molar-refractivity contribution is 0.103. The first-order chi connectivity index (χ1) is 8.20. The third-order valence-electron chi connectivity index (χ3n) is 2.06. The van der Waals surface area contributed by atoms with Crippen LogP contribution < -0.4 is 10.4 Å². The Labute approximate surface area is 96.6 Å². The van der Waals surface area contributed by atoms with Gasteiger partial charge in [0.2, 0.25) is 5.75 Å².